The lowest BCUT2D eigenvalue weighted by Crippen LogP contribution is -2.11. The number of aliphatic hydroxyl groups excluding tert-OH is 2. The van der Waals surface area contributed by atoms with Crippen molar-refractivity contribution in [3.63, 3.8) is 0 Å². The Balaban J connectivity index is 2.94. The molecule has 86 valence electrons. The molecule has 6 heteroatoms. The van der Waals surface area contributed by atoms with E-state index in [1.165, 1.54) is 24.3 Å². The molecule has 16 heavy (non-hydrogen) atoms. The molecule has 0 saturated heterocycles. The van der Waals surface area contributed by atoms with Crippen molar-refractivity contribution < 1.29 is 19.9 Å². The number of benzene rings is 1. The first-order valence-electron chi connectivity index (χ1n) is 4.60. The van der Waals surface area contributed by atoms with E-state index in [1.54, 1.807) is 0 Å². The van der Waals surface area contributed by atoms with E-state index in [0.717, 1.165) is 0 Å². The van der Waals surface area contributed by atoms with Gasteiger partial charge in [-0.05, 0) is 6.07 Å². The number of hydrogen-bond acceptors (Lipinski definition) is 5. The maximum atomic E-state index is 10.9. The molecule has 1 atom stereocenters. The van der Waals surface area contributed by atoms with Crippen LogP contribution in [-0.4, -0.2) is 27.5 Å². The van der Waals surface area contributed by atoms with Crippen LogP contribution >= 0.6 is 0 Å². The van der Waals surface area contributed by atoms with Gasteiger partial charge in [0.15, 0.2) is 5.78 Å². The lowest BCUT2D eigenvalue weighted by Gasteiger charge is -2.09. The molecule has 0 aromatic heterocycles. The van der Waals surface area contributed by atoms with Crippen molar-refractivity contribution >= 4 is 11.5 Å². The molecule has 0 fully saturated rings. The van der Waals surface area contributed by atoms with Crippen LogP contribution in [0.4, 0.5) is 5.69 Å². The molecule has 0 heterocycles. The summed E-state index contributed by atoms with van der Waals surface area (Å²) >= 11 is 0. The molecule has 0 aliphatic carbocycles. The summed E-state index contributed by atoms with van der Waals surface area (Å²) in [6.45, 7) is -0.683. The second-order valence-corrected chi connectivity index (χ2v) is 3.23. The number of Topliss-reactive ketones (excluding diaryl/α,β-unsaturated/α-hetero) is 1. The van der Waals surface area contributed by atoms with Crippen LogP contribution in [0, 0.1) is 10.1 Å². The molecule has 0 unspecified atom stereocenters. The van der Waals surface area contributed by atoms with Gasteiger partial charge in [0.1, 0.15) is 6.61 Å². The van der Waals surface area contributed by atoms with E-state index >= 15 is 0 Å². The van der Waals surface area contributed by atoms with Crippen LogP contribution in [0.5, 0.6) is 0 Å². The molecular formula is C10H11NO5. The summed E-state index contributed by atoms with van der Waals surface area (Å²) in [6.07, 6.45) is -1.59. The van der Waals surface area contributed by atoms with Crippen molar-refractivity contribution in [3.05, 3.63) is 39.9 Å². The molecule has 0 bridgehead atoms. The highest BCUT2D eigenvalue weighted by Gasteiger charge is 2.21. The van der Waals surface area contributed by atoms with Gasteiger partial charge in [-0.2, -0.15) is 0 Å². The molecule has 0 aliphatic heterocycles. The minimum atomic E-state index is -1.26. The third kappa shape index (κ3) is 2.85. The molecule has 1 rings (SSSR count). The third-order valence-corrected chi connectivity index (χ3v) is 2.09. The van der Waals surface area contributed by atoms with Gasteiger partial charge in [-0.25, -0.2) is 0 Å². The fraction of sp³-hybridized carbons (Fsp3) is 0.300. The van der Waals surface area contributed by atoms with E-state index in [4.69, 9.17) is 5.11 Å². The Bertz CT molecular complexity index is 404. The molecule has 0 aliphatic rings. The highest BCUT2D eigenvalue weighted by Crippen LogP contribution is 2.26. The van der Waals surface area contributed by atoms with Gasteiger partial charge in [0.2, 0.25) is 0 Å². The van der Waals surface area contributed by atoms with Gasteiger partial charge in [0.05, 0.1) is 16.6 Å². The normalized spacial score (nSPS) is 12.1. The fourth-order valence-electron chi connectivity index (χ4n) is 1.33. The number of ketones is 1. The van der Waals surface area contributed by atoms with Crippen LogP contribution in [0.25, 0.3) is 0 Å². The average Bonchev–Trinajstić information content (AvgIpc) is 2.28. The summed E-state index contributed by atoms with van der Waals surface area (Å²) < 4.78 is 0. The Labute approximate surface area is 91.3 Å². The van der Waals surface area contributed by atoms with Crippen LogP contribution in [0.15, 0.2) is 24.3 Å². The highest BCUT2D eigenvalue weighted by molar-refractivity contribution is 5.80. The first-order valence-corrected chi connectivity index (χ1v) is 4.60. The molecule has 2 N–H and O–H groups in total. The van der Waals surface area contributed by atoms with Crippen molar-refractivity contribution in [2.75, 3.05) is 6.61 Å². The summed E-state index contributed by atoms with van der Waals surface area (Å²) in [4.78, 5) is 20.9. The number of carbonyl (C=O) groups is 1. The van der Waals surface area contributed by atoms with Gasteiger partial charge in [-0.3, -0.25) is 14.9 Å². The van der Waals surface area contributed by atoms with E-state index < -0.39 is 23.4 Å². The predicted molar refractivity (Wildman–Crippen MR) is 54.8 cm³/mol. The van der Waals surface area contributed by atoms with Crippen LogP contribution in [0.3, 0.4) is 0 Å². The average molecular weight is 225 g/mol. The fourth-order valence-corrected chi connectivity index (χ4v) is 1.33. The van der Waals surface area contributed by atoms with E-state index in [-0.39, 0.29) is 17.7 Å². The third-order valence-electron chi connectivity index (χ3n) is 2.09. The van der Waals surface area contributed by atoms with Gasteiger partial charge in [-0.15, -0.1) is 0 Å². The van der Waals surface area contributed by atoms with Crippen molar-refractivity contribution in [2.45, 2.75) is 12.5 Å². The number of rotatable bonds is 5. The molecule has 0 amide bonds. The van der Waals surface area contributed by atoms with Crippen LogP contribution in [0.2, 0.25) is 0 Å². The molecule has 0 saturated carbocycles. The monoisotopic (exact) mass is 225 g/mol. The first kappa shape index (κ1) is 12.3. The Morgan fingerprint density at radius 3 is 2.62 bits per heavy atom. The predicted octanol–water partition coefficient (Wildman–Crippen LogP) is 0.580. The minimum absolute atomic E-state index is 0.0781. The summed E-state index contributed by atoms with van der Waals surface area (Å²) in [6, 6.07) is 5.65. The van der Waals surface area contributed by atoms with Gasteiger partial charge in [0, 0.05) is 12.5 Å². The highest BCUT2D eigenvalue weighted by atomic mass is 16.6. The maximum Gasteiger partial charge on any atom is 0.275 e. The topological polar surface area (TPSA) is 101 Å². The van der Waals surface area contributed by atoms with Crippen molar-refractivity contribution in [1.82, 2.24) is 0 Å². The minimum Gasteiger partial charge on any atom is -0.389 e. The molecule has 1 aromatic carbocycles. The Kier molecular flexibility index (Phi) is 4.10. The van der Waals surface area contributed by atoms with E-state index in [9.17, 15) is 20.0 Å². The molecule has 1 aromatic rings. The number of nitro benzene ring substituents is 1. The standard InChI is InChI=1S/C10H11NO5/c12-6-7(13)5-10(14)8-3-1-2-4-9(8)11(15)16/h1-4,10,12,14H,5-6H2/t10-/m1/s1. The first-order chi connectivity index (χ1) is 7.56. The zero-order chi connectivity index (χ0) is 12.1. The van der Waals surface area contributed by atoms with E-state index in [1.807, 2.05) is 0 Å². The van der Waals surface area contributed by atoms with Crippen molar-refractivity contribution in [1.29, 1.82) is 0 Å². The number of nitro groups is 1. The maximum absolute atomic E-state index is 10.9. The summed E-state index contributed by atoms with van der Waals surface area (Å²) in [5.41, 5.74) is -0.157. The van der Waals surface area contributed by atoms with E-state index in [0.29, 0.717) is 0 Å². The summed E-state index contributed by atoms with van der Waals surface area (Å²) in [5.74, 6) is -0.564. The van der Waals surface area contributed by atoms with Crippen LogP contribution < -0.4 is 0 Å². The number of nitrogens with zero attached hydrogens (tertiary/aromatic N) is 1. The van der Waals surface area contributed by atoms with Crippen LogP contribution in [-0.2, 0) is 4.79 Å². The number of carbonyl (C=O) groups excluding carboxylic acids is 1. The number of para-hydroxylation sites is 1. The second-order valence-electron chi connectivity index (χ2n) is 3.23. The zero-order valence-electron chi connectivity index (χ0n) is 8.37. The van der Waals surface area contributed by atoms with Gasteiger partial charge >= 0.3 is 0 Å². The lowest BCUT2D eigenvalue weighted by molar-refractivity contribution is -0.386. The van der Waals surface area contributed by atoms with Crippen LogP contribution in [0.1, 0.15) is 18.1 Å². The Morgan fingerprint density at radius 2 is 2.06 bits per heavy atom. The van der Waals surface area contributed by atoms with Gasteiger partial charge in [-0.1, -0.05) is 12.1 Å². The molecular weight excluding hydrogens is 214 g/mol. The van der Waals surface area contributed by atoms with Crippen molar-refractivity contribution in [2.24, 2.45) is 0 Å². The smallest absolute Gasteiger partial charge is 0.275 e. The lowest BCUT2D eigenvalue weighted by atomic mass is 10.0. The molecule has 0 radical (unpaired) electrons. The summed E-state index contributed by atoms with van der Waals surface area (Å²) in [5, 5.41) is 28.8. The Hall–Kier alpha value is -1.79. The van der Waals surface area contributed by atoms with Gasteiger partial charge < -0.3 is 10.2 Å². The molecule has 6 nitrogen and oxygen atoms in total. The van der Waals surface area contributed by atoms with Crippen molar-refractivity contribution in [3.8, 4) is 0 Å². The Morgan fingerprint density at radius 1 is 1.44 bits per heavy atom. The number of aliphatic hydroxyl groups is 2. The second kappa shape index (κ2) is 5.34. The summed E-state index contributed by atoms with van der Waals surface area (Å²) in [7, 11) is 0. The number of hydrogen-bond donors (Lipinski definition) is 2. The quantitative estimate of drug-likeness (QED) is 0.563. The SMILES string of the molecule is O=C(CO)C[C@@H](O)c1ccccc1[N+](=O)[O-]. The molecule has 0 spiro atoms. The van der Waals surface area contributed by atoms with E-state index in [2.05, 4.69) is 0 Å². The zero-order valence-corrected chi connectivity index (χ0v) is 8.37. The largest absolute Gasteiger partial charge is 0.389 e. The van der Waals surface area contributed by atoms with Gasteiger partial charge in [0.25, 0.3) is 5.69 Å².